The zero-order valence-corrected chi connectivity index (χ0v) is 12.2. The van der Waals surface area contributed by atoms with Crippen LogP contribution < -0.4 is 10.6 Å². The van der Waals surface area contributed by atoms with Gasteiger partial charge in [-0.05, 0) is 37.6 Å². The highest BCUT2D eigenvalue weighted by atomic mass is 15.3. The molecule has 2 aliphatic heterocycles. The van der Waals surface area contributed by atoms with Crippen LogP contribution in [0, 0.1) is 0 Å². The lowest BCUT2D eigenvalue weighted by molar-refractivity contribution is 0.133. The van der Waals surface area contributed by atoms with Crippen molar-refractivity contribution in [3.63, 3.8) is 0 Å². The van der Waals surface area contributed by atoms with E-state index in [4.69, 9.17) is 5.73 Å². The summed E-state index contributed by atoms with van der Waals surface area (Å²) in [5.41, 5.74) is 7.69. The summed E-state index contributed by atoms with van der Waals surface area (Å²) in [6.07, 6.45) is 5.68. The minimum absolute atomic E-state index is 0.679. The van der Waals surface area contributed by atoms with Crippen molar-refractivity contribution in [3.8, 4) is 0 Å². The second-order valence-corrected chi connectivity index (χ2v) is 6.11. The Morgan fingerprint density at radius 2 is 2.05 bits per heavy atom. The van der Waals surface area contributed by atoms with Gasteiger partial charge in [-0.2, -0.15) is 0 Å². The standard InChI is InChI=1S/C16H21N5/c17-12-4-5-15-14(9-12)16(19-11-18-15)21-8-7-20-6-2-1-3-13(20)10-21/h4-5,9,11,13H,1-3,6-8,10,17H2. The summed E-state index contributed by atoms with van der Waals surface area (Å²) < 4.78 is 0. The fourth-order valence-electron chi connectivity index (χ4n) is 3.66. The van der Waals surface area contributed by atoms with Crippen LogP contribution in [0.15, 0.2) is 24.5 Å². The number of hydrogen-bond donors (Lipinski definition) is 1. The molecule has 1 atom stereocenters. The van der Waals surface area contributed by atoms with E-state index in [9.17, 15) is 0 Å². The van der Waals surface area contributed by atoms with Crippen LogP contribution in [0.2, 0.25) is 0 Å². The molecule has 0 aliphatic carbocycles. The molecule has 1 aromatic carbocycles. The van der Waals surface area contributed by atoms with E-state index in [2.05, 4.69) is 19.8 Å². The van der Waals surface area contributed by atoms with Crippen molar-refractivity contribution in [3.05, 3.63) is 24.5 Å². The van der Waals surface area contributed by atoms with Crippen molar-refractivity contribution in [1.82, 2.24) is 14.9 Å². The predicted molar refractivity (Wildman–Crippen MR) is 85.4 cm³/mol. The number of piperazine rings is 1. The summed E-state index contributed by atoms with van der Waals surface area (Å²) in [5, 5.41) is 1.07. The molecule has 2 aliphatic rings. The smallest absolute Gasteiger partial charge is 0.140 e. The number of nitrogen functional groups attached to an aromatic ring is 1. The molecule has 0 spiro atoms. The number of piperidine rings is 1. The molecule has 2 saturated heterocycles. The third kappa shape index (κ3) is 2.31. The van der Waals surface area contributed by atoms with E-state index in [0.29, 0.717) is 6.04 Å². The van der Waals surface area contributed by atoms with Crippen LogP contribution in [0.5, 0.6) is 0 Å². The average Bonchev–Trinajstić information content (AvgIpc) is 2.54. The van der Waals surface area contributed by atoms with Gasteiger partial charge < -0.3 is 10.6 Å². The Morgan fingerprint density at radius 1 is 1.10 bits per heavy atom. The Hall–Kier alpha value is -1.88. The van der Waals surface area contributed by atoms with Crippen LogP contribution in [0.3, 0.4) is 0 Å². The maximum Gasteiger partial charge on any atom is 0.140 e. The summed E-state index contributed by atoms with van der Waals surface area (Å²) in [6.45, 7) is 4.51. The third-order valence-electron chi connectivity index (χ3n) is 4.78. The van der Waals surface area contributed by atoms with Gasteiger partial charge in [-0.25, -0.2) is 9.97 Å². The third-order valence-corrected chi connectivity index (χ3v) is 4.78. The van der Waals surface area contributed by atoms with Gasteiger partial charge in [0.15, 0.2) is 0 Å². The highest BCUT2D eigenvalue weighted by Gasteiger charge is 2.30. The molecule has 0 amide bonds. The molecule has 4 rings (SSSR count). The van der Waals surface area contributed by atoms with Crippen LogP contribution in [0.25, 0.3) is 10.9 Å². The number of fused-ring (bicyclic) bond motifs is 2. The highest BCUT2D eigenvalue weighted by molar-refractivity contribution is 5.91. The van der Waals surface area contributed by atoms with Crippen molar-refractivity contribution in [1.29, 1.82) is 0 Å². The minimum atomic E-state index is 0.679. The molecule has 2 fully saturated rings. The molecule has 2 N–H and O–H groups in total. The first kappa shape index (κ1) is 12.8. The molecule has 5 heteroatoms. The van der Waals surface area contributed by atoms with E-state index >= 15 is 0 Å². The maximum absolute atomic E-state index is 5.95. The summed E-state index contributed by atoms with van der Waals surface area (Å²) in [5.74, 6) is 1.04. The van der Waals surface area contributed by atoms with Gasteiger partial charge in [-0.1, -0.05) is 6.42 Å². The SMILES string of the molecule is Nc1ccc2ncnc(N3CCN4CCCCC4C3)c2c1. The molecule has 5 nitrogen and oxygen atoms in total. The van der Waals surface area contributed by atoms with E-state index in [0.717, 1.165) is 42.0 Å². The topological polar surface area (TPSA) is 58.3 Å². The van der Waals surface area contributed by atoms with E-state index in [-0.39, 0.29) is 0 Å². The number of anilines is 2. The van der Waals surface area contributed by atoms with E-state index in [1.807, 2.05) is 18.2 Å². The Balaban J connectivity index is 1.68. The number of nitrogens with two attached hydrogens (primary N) is 1. The first-order valence-corrected chi connectivity index (χ1v) is 7.80. The van der Waals surface area contributed by atoms with Crippen LogP contribution in [-0.2, 0) is 0 Å². The van der Waals surface area contributed by atoms with Gasteiger partial charge in [0.2, 0.25) is 0 Å². The van der Waals surface area contributed by atoms with Gasteiger partial charge in [-0.15, -0.1) is 0 Å². The van der Waals surface area contributed by atoms with Crippen LogP contribution >= 0.6 is 0 Å². The lowest BCUT2D eigenvalue weighted by atomic mass is 9.99. The van der Waals surface area contributed by atoms with Crippen molar-refractivity contribution in [2.75, 3.05) is 36.8 Å². The van der Waals surface area contributed by atoms with Crippen molar-refractivity contribution in [2.24, 2.45) is 0 Å². The fraction of sp³-hybridized carbons (Fsp3) is 0.500. The van der Waals surface area contributed by atoms with Crippen molar-refractivity contribution >= 4 is 22.4 Å². The Bertz CT molecular complexity index is 656. The second kappa shape index (κ2) is 5.15. The van der Waals surface area contributed by atoms with Crippen molar-refractivity contribution < 1.29 is 0 Å². The lowest BCUT2D eigenvalue weighted by Crippen LogP contribution is -2.55. The second-order valence-electron chi connectivity index (χ2n) is 6.11. The minimum Gasteiger partial charge on any atom is -0.399 e. The Morgan fingerprint density at radius 3 is 3.00 bits per heavy atom. The molecule has 21 heavy (non-hydrogen) atoms. The van der Waals surface area contributed by atoms with E-state index in [1.54, 1.807) is 6.33 Å². The van der Waals surface area contributed by atoms with Crippen LogP contribution in [-0.4, -0.2) is 47.1 Å². The fourth-order valence-corrected chi connectivity index (χ4v) is 3.66. The molecular formula is C16H21N5. The Kier molecular flexibility index (Phi) is 3.15. The molecule has 2 aromatic rings. The first-order chi connectivity index (χ1) is 10.3. The van der Waals surface area contributed by atoms with Gasteiger partial charge in [0.05, 0.1) is 5.52 Å². The molecule has 1 unspecified atom stereocenters. The van der Waals surface area contributed by atoms with Gasteiger partial charge in [-0.3, -0.25) is 4.90 Å². The normalized spacial score (nSPS) is 23.2. The largest absolute Gasteiger partial charge is 0.399 e. The zero-order chi connectivity index (χ0) is 14.2. The Labute approximate surface area is 124 Å². The zero-order valence-electron chi connectivity index (χ0n) is 12.2. The number of nitrogens with zero attached hydrogens (tertiary/aromatic N) is 4. The molecule has 110 valence electrons. The van der Waals surface area contributed by atoms with Crippen LogP contribution in [0.4, 0.5) is 11.5 Å². The molecular weight excluding hydrogens is 262 g/mol. The first-order valence-electron chi connectivity index (χ1n) is 7.80. The molecule has 1 aromatic heterocycles. The molecule has 0 bridgehead atoms. The summed E-state index contributed by atoms with van der Waals surface area (Å²) in [7, 11) is 0. The number of rotatable bonds is 1. The lowest BCUT2D eigenvalue weighted by Gasteiger charge is -2.44. The summed E-state index contributed by atoms with van der Waals surface area (Å²) >= 11 is 0. The van der Waals surface area contributed by atoms with Gasteiger partial charge in [0.25, 0.3) is 0 Å². The van der Waals surface area contributed by atoms with Crippen LogP contribution in [0.1, 0.15) is 19.3 Å². The van der Waals surface area contributed by atoms with E-state index < -0.39 is 0 Å². The van der Waals surface area contributed by atoms with Gasteiger partial charge >= 0.3 is 0 Å². The summed E-state index contributed by atoms with van der Waals surface area (Å²) in [6, 6.07) is 6.56. The number of aromatic nitrogens is 2. The predicted octanol–water partition coefficient (Wildman–Crippen LogP) is 1.89. The van der Waals surface area contributed by atoms with Gasteiger partial charge in [0.1, 0.15) is 12.1 Å². The quantitative estimate of drug-likeness (QED) is 0.810. The molecule has 0 radical (unpaired) electrons. The molecule has 0 saturated carbocycles. The number of hydrogen-bond acceptors (Lipinski definition) is 5. The number of benzene rings is 1. The van der Waals surface area contributed by atoms with Gasteiger partial charge in [0, 0.05) is 36.7 Å². The maximum atomic E-state index is 5.95. The van der Waals surface area contributed by atoms with Crippen molar-refractivity contribution in [2.45, 2.75) is 25.3 Å². The summed E-state index contributed by atoms with van der Waals surface area (Å²) in [4.78, 5) is 14.0. The average molecular weight is 283 g/mol. The highest BCUT2D eigenvalue weighted by Crippen LogP contribution is 2.29. The monoisotopic (exact) mass is 283 g/mol. The molecule has 3 heterocycles. The van der Waals surface area contributed by atoms with E-state index in [1.165, 1.54) is 25.8 Å².